The molecule has 1 aliphatic rings. The fourth-order valence-corrected chi connectivity index (χ4v) is 3.97. The van der Waals surface area contributed by atoms with Crippen molar-refractivity contribution in [3.63, 3.8) is 0 Å². The van der Waals surface area contributed by atoms with E-state index in [2.05, 4.69) is 16.8 Å². The number of H-pyrrole nitrogens is 1. The third-order valence-corrected chi connectivity index (χ3v) is 5.43. The highest BCUT2D eigenvalue weighted by molar-refractivity contribution is 5.79. The molecule has 1 aromatic carbocycles. The second kappa shape index (κ2) is 9.58. The van der Waals surface area contributed by atoms with Gasteiger partial charge in [-0.2, -0.15) is 0 Å². The molecule has 146 valence electrons. The topological polar surface area (TPSA) is 62.4 Å². The van der Waals surface area contributed by atoms with Crippen LogP contribution in [-0.2, 0) is 4.79 Å². The van der Waals surface area contributed by atoms with E-state index in [-0.39, 0.29) is 5.56 Å². The normalized spacial score (nSPS) is 15.0. The first-order valence-electron chi connectivity index (χ1n) is 10.2. The van der Waals surface area contributed by atoms with E-state index in [9.17, 15) is 9.59 Å². The summed E-state index contributed by atoms with van der Waals surface area (Å²) in [7, 11) is 0. The molecule has 0 unspecified atom stereocenters. The van der Waals surface area contributed by atoms with Crippen LogP contribution in [0.15, 0.2) is 35.1 Å². The van der Waals surface area contributed by atoms with Crippen molar-refractivity contribution in [1.29, 1.82) is 0 Å². The number of fused-ring (bicyclic) bond motifs is 1. The number of nitrogens with one attached hydrogen (secondary N) is 1. The predicted octanol–water partition coefficient (Wildman–Crippen LogP) is 4.26. The molecule has 1 aromatic heterocycles. The number of aromatic amines is 1. The van der Waals surface area contributed by atoms with Crippen LogP contribution in [0.1, 0.15) is 58.3 Å². The van der Waals surface area contributed by atoms with Gasteiger partial charge in [0.15, 0.2) is 0 Å². The number of amides is 1. The molecule has 1 amide bonds. The van der Waals surface area contributed by atoms with E-state index in [0.717, 1.165) is 48.9 Å². The van der Waals surface area contributed by atoms with Gasteiger partial charge in [0, 0.05) is 36.0 Å². The van der Waals surface area contributed by atoms with Crippen LogP contribution in [0.2, 0.25) is 0 Å². The molecule has 1 heterocycles. The highest BCUT2D eigenvalue weighted by Crippen LogP contribution is 2.23. The number of hydrogen-bond donors (Lipinski definition) is 1. The zero-order valence-corrected chi connectivity index (χ0v) is 16.2. The quantitative estimate of drug-likeness (QED) is 0.706. The van der Waals surface area contributed by atoms with E-state index in [4.69, 9.17) is 4.74 Å². The Morgan fingerprint density at radius 2 is 1.96 bits per heavy atom. The molecule has 0 saturated heterocycles. The van der Waals surface area contributed by atoms with Crippen molar-refractivity contribution in [2.45, 2.75) is 64.3 Å². The first kappa shape index (κ1) is 19.5. The van der Waals surface area contributed by atoms with E-state index < -0.39 is 0 Å². The second-order valence-corrected chi connectivity index (χ2v) is 7.35. The van der Waals surface area contributed by atoms with Gasteiger partial charge in [-0.05, 0) is 56.9 Å². The van der Waals surface area contributed by atoms with E-state index in [1.165, 1.54) is 25.3 Å². The summed E-state index contributed by atoms with van der Waals surface area (Å²) in [5.41, 5.74) is 0.706. The Morgan fingerprint density at radius 3 is 2.74 bits per heavy atom. The molecule has 2 aromatic rings. The van der Waals surface area contributed by atoms with Crippen molar-refractivity contribution in [3.8, 4) is 5.75 Å². The van der Waals surface area contributed by atoms with Crippen LogP contribution in [0, 0.1) is 0 Å². The Hall–Kier alpha value is -2.30. The maximum absolute atomic E-state index is 12.5. The Morgan fingerprint density at radius 1 is 1.15 bits per heavy atom. The molecule has 0 bridgehead atoms. The number of benzene rings is 1. The van der Waals surface area contributed by atoms with Crippen molar-refractivity contribution in [2.75, 3.05) is 13.2 Å². The Kier molecular flexibility index (Phi) is 6.91. The van der Waals surface area contributed by atoms with Crippen molar-refractivity contribution < 1.29 is 9.53 Å². The number of hydrogen-bond acceptors (Lipinski definition) is 3. The lowest BCUT2D eigenvalue weighted by molar-refractivity contribution is -0.134. The van der Waals surface area contributed by atoms with E-state index in [0.29, 0.717) is 25.0 Å². The summed E-state index contributed by atoms with van der Waals surface area (Å²) >= 11 is 0. The Labute approximate surface area is 160 Å². The number of carbonyl (C=O) groups excluding carboxylic acids is 1. The van der Waals surface area contributed by atoms with Gasteiger partial charge in [-0.1, -0.05) is 19.3 Å². The number of unbranched alkanes of at least 4 members (excludes halogenated alkanes) is 1. The average molecular weight is 370 g/mol. The maximum Gasteiger partial charge on any atom is 0.248 e. The predicted molar refractivity (Wildman–Crippen MR) is 108 cm³/mol. The second-order valence-electron chi connectivity index (χ2n) is 7.35. The molecule has 1 N–H and O–H groups in total. The van der Waals surface area contributed by atoms with Crippen LogP contribution < -0.4 is 10.3 Å². The lowest BCUT2D eigenvalue weighted by Crippen LogP contribution is -2.41. The monoisotopic (exact) mass is 370 g/mol. The lowest BCUT2D eigenvalue weighted by atomic mass is 9.94. The zero-order valence-electron chi connectivity index (χ0n) is 16.2. The Bertz CT molecular complexity index is 809. The number of rotatable bonds is 8. The molecule has 27 heavy (non-hydrogen) atoms. The molecule has 0 radical (unpaired) electrons. The van der Waals surface area contributed by atoms with Gasteiger partial charge in [0.25, 0.3) is 0 Å². The minimum Gasteiger partial charge on any atom is -0.494 e. The number of pyridine rings is 1. The SMILES string of the molecule is CCN(C(=O)CCCCOc1ccc2[nH]c(=O)ccc2c1)C1CCCCC1. The summed E-state index contributed by atoms with van der Waals surface area (Å²) in [6.07, 6.45) is 8.45. The van der Waals surface area contributed by atoms with Crippen LogP contribution in [0.5, 0.6) is 5.75 Å². The summed E-state index contributed by atoms with van der Waals surface area (Å²) in [5, 5.41) is 0.952. The van der Waals surface area contributed by atoms with Crippen LogP contribution in [0.4, 0.5) is 0 Å². The molecule has 5 heteroatoms. The largest absolute Gasteiger partial charge is 0.494 e. The number of carbonyl (C=O) groups is 1. The third-order valence-electron chi connectivity index (χ3n) is 5.43. The van der Waals surface area contributed by atoms with Crippen molar-refractivity contribution in [1.82, 2.24) is 9.88 Å². The minimum absolute atomic E-state index is 0.102. The molecule has 1 fully saturated rings. The van der Waals surface area contributed by atoms with Gasteiger partial charge in [-0.15, -0.1) is 0 Å². The zero-order chi connectivity index (χ0) is 19.1. The van der Waals surface area contributed by atoms with Crippen LogP contribution >= 0.6 is 0 Å². The van der Waals surface area contributed by atoms with Gasteiger partial charge in [0.2, 0.25) is 11.5 Å². The lowest BCUT2D eigenvalue weighted by Gasteiger charge is -2.33. The molecule has 0 atom stereocenters. The number of nitrogens with zero attached hydrogens (tertiary/aromatic N) is 1. The average Bonchev–Trinajstić information content (AvgIpc) is 2.69. The molecule has 1 saturated carbocycles. The molecular weight excluding hydrogens is 340 g/mol. The molecule has 3 rings (SSSR count). The highest BCUT2D eigenvalue weighted by atomic mass is 16.5. The van der Waals surface area contributed by atoms with Crippen molar-refractivity contribution >= 4 is 16.8 Å². The van der Waals surface area contributed by atoms with Gasteiger partial charge in [0.05, 0.1) is 6.61 Å². The summed E-state index contributed by atoms with van der Waals surface area (Å²) in [5.74, 6) is 1.08. The van der Waals surface area contributed by atoms with E-state index in [1.54, 1.807) is 6.07 Å². The first-order valence-corrected chi connectivity index (χ1v) is 10.2. The van der Waals surface area contributed by atoms with Gasteiger partial charge >= 0.3 is 0 Å². The Balaban J connectivity index is 1.41. The van der Waals surface area contributed by atoms with Crippen LogP contribution in [0.3, 0.4) is 0 Å². The van der Waals surface area contributed by atoms with Crippen LogP contribution in [-0.4, -0.2) is 35.0 Å². The molecule has 0 spiro atoms. The van der Waals surface area contributed by atoms with E-state index in [1.807, 2.05) is 18.2 Å². The van der Waals surface area contributed by atoms with Gasteiger partial charge in [-0.25, -0.2) is 0 Å². The summed E-state index contributed by atoms with van der Waals surface area (Å²) in [4.78, 5) is 28.7. The van der Waals surface area contributed by atoms with Crippen LogP contribution in [0.25, 0.3) is 10.9 Å². The smallest absolute Gasteiger partial charge is 0.248 e. The molecule has 1 aliphatic carbocycles. The molecule has 5 nitrogen and oxygen atoms in total. The fourth-order valence-electron chi connectivity index (χ4n) is 3.97. The van der Waals surface area contributed by atoms with Gasteiger partial charge in [-0.3, -0.25) is 9.59 Å². The van der Waals surface area contributed by atoms with Crippen molar-refractivity contribution in [3.05, 3.63) is 40.7 Å². The summed E-state index contributed by atoms with van der Waals surface area (Å²) < 4.78 is 5.81. The molecular formula is C22H30N2O3. The third kappa shape index (κ3) is 5.34. The number of aromatic nitrogens is 1. The number of ether oxygens (including phenoxy) is 1. The summed E-state index contributed by atoms with van der Waals surface area (Å²) in [6.45, 7) is 3.50. The standard InChI is InChI=1S/C22H30N2O3/c1-2-24(18-8-4-3-5-9-18)22(26)10-6-7-15-27-19-12-13-20-17(16-19)11-14-21(25)23-20/h11-14,16,18H,2-10,15H2,1H3,(H,23,25). The highest BCUT2D eigenvalue weighted by Gasteiger charge is 2.23. The maximum atomic E-state index is 12.5. The summed E-state index contributed by atoms with van der Waals surface area (Å²) in [6, 6.07) is 9.42. The van der Waals surface area contributed by atoms with E-state index >= 15 is 0 Å². The first-order chi connectivity index (χ1) is 13.2. The van der Waals surface area contributed by atoms with Crippen molar-refractivity contribution in [2.24, 2.45) is 0 Å². The van der Waals surface area contributed by atoms with Gasteiger partial charge in [0.1, 0.15) is 5.75 Å². The van der Waals surface area contributed by atoms with Gasteiger partial charge < -0.3 is 14.6 Å². The molecule has 0 aliphatic heterocycles. The fraction of sp³-hybridized carbons (Fsp3) is 0.545. The minimum atomic E-state index is -0.102.